The number of nitrogens with one attached hydrogen (secondary N) is 1. The zero-order chi connectivity index (χ0) is 16.4. The molecule has 0 bridgehead atoms. The number of carbonyl (C=O) groups excluding carboxylic acids is 1. The van der Waals surface area contributed by atoms with Crippen LogP contribution in [0.25, 0.3) is 0 Å². The molecular weight excluding hydrogens is 288 g/mol. The Morgan fingerprint density at radius 1 is 1.30 bits per heavy atom. The quantitative estimate of drug-likeness (QED) is 0.802. The van der Waals surface area contributed by atoms with Crippen LogP contribution < -0.4 is 10.1 Å². The van der Waals surface area contributed by atoms with Crippen molar-refractivity contribution in [3.63, 3.8) is 0 Å². The van der Waals surface area contributed by atoms with Gasteiger partial charge in [-0.3, -0.25) is 9.69 Å². The molecule has 0 atom stereocenters. The van der Waals surface area contributed by atoms with Gasteiger partial charge in [-0.15, -0.1) is 0 Å². The zero-order valence-electron chi connectivity index (χ0n) is 14.5. The van der Waals surface area contributed by atoms with E-state index in [1.54, 1.807) is 7.11 Å². The summed E-state index contributed by atoms with van der Waals surface area (Å²) in [6, 6.07) is 6.63. The summed E-state index contributed by atoms with van der Waals surface area (Å²) in [5, 5.41) is 3.29. The lowest BCUT2D eigenvalue weighted by molar-refractivity contribution is -0.123. The van der Waals surface area contributed by atoms with Crippen molar-refractivity contribution in [2.75, 3.05) is 20.7 Å². The molecule has 3 rings (SSSR count). The van der Waals surface area contributed by atoms with Crippen LogP contribution in [-0.4, -0.2) is 37.6 Å². The maximum atomic E-state index is 12.3. The molecule has 1 N–H and O–H groups in total. The minimum Gasteiger partial charge on any atom is -0.496 e. The van der Waals surface area contributed by atoms with Crippen molar-refractivity contribution in [3.8, 4) is 5.75 Å². The van der Waals surface area contributed by atoms with Gasteiger partial charge in [0.05, 0.1) is 13.7 Å². The predicted octanol–water partition coefficient (Wildman–Crippen LogP) is 2.74. The summed E-state index contributed by atoms with van der Waals surface area (Å²) in [6.45, 7) is 3.28. The fourth-order valence-electron chi connectivity index (χ4n) is 3.41. The Morgan fingerprint density at radius 3 is 2.48 bits per heavy atom. The average Bonchev–Trinajstić information content (AvgIpc) is 3.38. The molecule has 0 unspecified atom stereocenters. The smallest absolute Gasteiger partial charge is 0.234 e. The Hall–Kier alpha value is -1.55. The molecule has 1 aromatic rings. The van der Waals surface area contributed by atoms with Crippen molar-refractivity contribution in [1.29, 1.82) is 0 Å². The van der Waals surface area contributed by atoms with Crippen LogP contribution in [0, 0.1) is 18.8 Å². The van der Waals surface area contributed by atoms with E-state index in [2.05, 4.69) is 22.3 Å². The first-order valence-electron chi connectivity index (χ1n) is 8.68. The summed E-state index contributed by atoms with van der Waals surface area (Å²) in [6.07, 6.45) is 5.18. The van der Waals surface area contributed by atoms with Gasteiger partial charge in [0.1, 0.15) is 5.75 Å². The van der Waals surface area contributed by atoms with Crippen LogP contribution >= 0.6 is 0 Å². The third-order valence-electron chi connectivity index (χ3n) is 4.91. The number of hydrogen-bond acceptors (Lipinski definition) is 3. The second-order valence-corrected chi connectivity index (χ2v) is 7.24. The molecule has 0 radical (unpaired) electrons. The summed E-state index contributed by atoms with van der Waals surface area (Å²) in [7, 11) is 3.69. The molecule has 4 heteroatoms. The Kier molecular flexibility index (Phi) is 4.90. The molecule has 23 heavy (non-hydrogen) atoms. The Labute approximate surface area is 139 Å². The van der Waals surface area contributed by atoms with Gasteiger partial charge in [0, 0.05) is 12.6 Å². The van der Waals surface area contributed by atoms with E-state index in [0.29, 0.717) is 12.6 Å². The number of rotatable bonds is 8. The van der Waals surface area contributed by atoms with Crippen LogP contribution in [0.15, 0.2) is 18.2 Å². The minimum atomic E-state index is 0.168. The number of aryl methyl sites for hydroxylation is 1. The lowest BCUT2D eigenvalue weighted by Gasteiger charge is -2.21. The first kappa shape index (κ1) is 16.3. The first-order chi connectivity index (χ1) is 11.1. The maximum absolute atomic E-state index is 12.3. The Bertz CT molecular complexity index is 552. The normalized spacial score (nSPS) is 17.6. The van der Waals surface area contributed by atoms with Gasteiger partial charge in [0.15, 0.2) is 0 Å². The number of nitrogens with zero attached hydrogens (tertiary/aromatic N) is 1. The lowest BCUT2D eigenvalue weighted by atomic mass is 10.1. The summed E-state index contributed by atoms with van der Waals surface area (Å²) in [5.74, 6) is 2.58. The molecule has 0 heterocycles. The molecule has 0 saturated heterocycles. The van der Waals surface area contributed by atoms with Crippen molar-refractivity contribution in [2.45, 2.75) is 45.2 Å². The topological polar surface area (TPSA) is 41.6 Å². The highest BCUT2D eigenvalue weighted by Gasteiger charge is 2.42. The Morgan fingerprint density at radius 2 is 1.96 bits per heavy atom. The molecular formula is C19H28N2O2. The molecule has 0 aliphatic heterocycles. The summed E-state index contributed by atoms with van der Waals surface area (Å²) in [4.78, 5) is 14.4. The first-order valence-corrected chi connectivity index (χ1v) is 8.68. The van der Waals surface area contributed by atoms with Crippen molar-refractivity contribution >= 4 is 5.91 Å². The Balaban J connectivity index is 1.49. The number of hydrogen-bond donors (Lipinski definition) is 1. The predicted molar refractivity (Wildman–Crippen MR) is 91.4 cm³/mol. The maximum Gasteiger partial charge on any atom is 0.234 e. The van der Waals surface area contributed by atoms with E-state index < -0.39 is 0 Å². The van der Waals surface area contributed by atoms with Gasteiger partial charge in [-0.05, 0) is 68.7 Å². The number of benzene rings is 1. The molecule has 126 valence electrons. The van der Waals surface area contributed by atoms with Crippen LogP contribution in [0.2, 0.25) is 0 Å². The highest BCUT2D eigenvalue weighted by atomic mass is 16.5. The number of amides is 1. The van der Waals surface area contributed by atoms with E-state index in [1.165, 1.54) is 31.2 Å². The number of methoxy groups -OCH3 is 1. The van der Waals surface area contributed by atoms with E-state index in [-0.39, 0.29) is 5.91 Å². The standard InChI is InChI=1S/C19H28N2O2/c1-13-10-14(4-9-17(13)23-3)11-21(2)12-18(22)20-19(15-5-6-15)16-7-8-16/h4,9-10,15-16,19H,5-8,11-12H2,1-3H3,(H,20,22). The largest absolute Gasteiger partial charge is 0.496 e. The molecule has 0 aromatic heterocycles. The molecule has 4 nitrogen and oxygen atoms in total. The molecule has 1 aromatic carbocycles. The van der Waals surface area contributed by atoms with E-state index in [4.69, 9.17) is 4.74 Å². The fraction of sp³-hybridized carbons (Fsp3) is 0.632. The monoisotopic (exact) mass is 316 g/mol. The number of ether oxygens (including phenoxy) is 1. The molecule has 0 spiro atoms. The molecule has 2 aliphatic rings. The van der Waals surface area contributed by atoms with Crippen LogP contribution in [0.4, 0.5) is 0 Å². The lowest BCUT2D eigenvalue weighted by Crippen LogP contribution is -2.43. The van der Waals surface area contributed by atoms with Crippen LogP contribution in [-0.2, 0) is 11.3 Å². The van der Waals surface area contributed by atoms with E-state index >= 15 is 0 Å². The summed E-state index contributed by atoms with van der Waals surface area (Å²) in [5.41, 5.74) is 2.34. The van der Waals surface area contributed by atoms with Gasteiger partial charge < -0.3 is 10.1 Å². The SMILES string of the molecule is COc1ccc(CN(C)CC(=O)NC(C2CC2)C2CC2)cc1C. The van der Waals surface area contributed by atoms with Crippen molar-refractivity contribution in [3.05, 3.63) is 29.3 Å². The molecule has 1 amide bonds. The third-order valence-corrected chi connectivity index (χ3v) is 4.91. The van der Waals surface area contributed by atoms with Crippen molar-refractivity contribution in [1.82, 2.24) is 10.2 Å². The van der Waals surface area contributed by atoms with Crippen molar-refractivity contribution in [2.24, 2.45) is 11.8 Å². The van der Waals surface area contributed by atoms with Crippen LogP contribution in [0.1, 0.15) is 36.8 Å². The highest BCUT2D eigenvalue weighted by molar-refractivity contribution is 5.78. The second kappa shape index (κ2) is 6.91. The average molecular weight is 316 g/mol. The van der Waals surface area contributed by atoms with Gasteiger partial charge in [-0.25, -0.2) is 0 Å². The van der Waals surface area contributed by atoms with E-state index in [0.717, 1.165) is 29.7 Å². The highest BCUT2D eigenvalue weighted by Crippen LogP contribution is 2.44. The third kappa shape index (κ3) is 4.47. The van der Waals surface area contributed by atoms with Gasteiger partial charge in [0.25, 0.3) is 0 Å². The van der Waals surface area contributed by atoms with Gasteiger partial charge >= 0.3 is 0 Å². The number of carbonyl (C=O) groups is 1. The van der Waals surface area contributed by atoms with Crippen LogP contribution in [0.3, 0.4) is 0 Å². The van der Waals surface area contributed by atoms with Gasteiger partial charge in [-0.2, -0.15) is 0 Å². The van der Waals surface area contributed by atoms with Crippen LogP contribution in [0.5, 0.6) is 5.75 Å². The molecule has 2 aliphatic carbocycles. The fourth-order valence-corrected chi connectivity index (χ4v) is 3.41. The number of likely N-dealkylation sites (N-methyl/N-ethyl adjacent to an activating group) is 1. The van der Waals surface area contributed by atoms with Gasteiger partial charge in [0.2, 0.25) is 5.91 Å². The van der Waals surface area contributed by atoms with Crippen molar-refractivity contribution < 1.29 is 9.53 Å². The molecule has 2 fully saturated rings. The second-order valence-electron chi connectivity index (χ2n) is 7.24. The van der Waals surface area contributed by atoms with E-state index in [1.807, 2.05) is 20.0 Å². The van der Waals surface area contributed by atoms with E-state index in [9.17, 15) is 4.79 Å². The summed E-state index contributed by atoms with van der Waals surface area (Å²) < 4.78 is 5.29. The minimum absolute atomic E-state index is 0.168. The van der Waals surface area contributed by atoms with Gasteiger partial charge in [-0.1, -0.05) is 12.1 Å². The zero-order valence-corrected chi connectivity index (χ0v) is 14.5. The summed E-state index contributed by atoms with van der Waals surface area (Å²) >= 11 is 0. The molecule has 2 saturated carbocycles.